The first-order valence-corrected chi connectivity index (χ1v) is 7.57. The van der Waals surface area contributed by atoms with E-state index in [0.717, 1.165) is 28.7 Å². The molecule has 0 saturated carbocycles. The highest BCUT2D eigenvalue weighted by molar-refractivity contribution is 7.98. The van der Waals surface area contributed by atoms with Crippen LogP contribution in [0.5, 0.6) is 5.75 Å². The van der Waals surface area contributed by atoms with E-state index in [4.69, 9.17) is 4.74 Å². The van der Waals surface area contributed by atoms with Crippen molar-refractivity contribution in [2.24, 2.45) is 0 Å². The number of hydrogen-bond acceptors (Lipinski definition) is 5. The fourth-order valence-corrected chi connectivity index (χ4v) is 2.53. The van der Waals surface area contributed by atoms with Crippen molar-refractivity contribution in [2.45, 2.75) is 18.4 Å². The maximum absolute atomic E-state index is 5.42. The molecule has 20 heavy (non-hydrogen) atoms. The second kappa shape index (κ2) is 6.61. The van der Waals surface area contributed by atoms with Crippen molar-refractivity contribution in [3.63, 3.8) is 0 Å². The highest BCUT2D eigenvalue weighted by Gasteiger charge is 2.07. The smallest absolute Gasteiger partial charge is 0.132 e. The summed E-state index contributed by atoms with van der Waals surface area (Å²) in [4.78, 5) is 11.7. The lowest BCUT2D eigenvalue weighted by Crippen LogP contribution is -2.18. The molecule has 106 valence electrons. The van der Waals surface area contributed by atoms with Gasteiger partial charge in [0.1, 0.15) is 17.9 Å². The van der Waals surface area contributed by atoms with Gasteiger partial charge in [0, 0.05) is 30.2 Å². The van der Waals surface area contributed by atoms with Gasteiger partial charge in [-0.05, 0) is 30.9 Å². The molecule has 0 fully saturated rings. The van der Waals surface area contributed by atoms with Gasteiger partial charge in [0.2, 0.25) is 0 Å². The molecule has 0 amide bonds. The fourth-order valence-electron chi connectivity index (χ4n) is 1.98. The van der Waals surface area contributed by atoms with Gasteiger partial charge in [-0.25, -0.2) is 9.97 Å². The van der Waals surface area contributed by atoms with Gasteiger partial charge >= 0.3 is 0 Å². The highest BCUT2D eigenvalue weighted by Crippen LogP contribution is 2.29. The van der Waals surface area contributed by atoms with E-state index in [9.17, 15) is 0 Å². The number of thioether (sulfide) groups is 1. The number of anilines is 1. The zero-order chi connectivity index (χ0) is 14.5. The summed E-state index contributed by atoms with van der Waals surface area (Å²) in [5.41, 5.74) is 2.16. The molecule has 5 heteroatoms. The van der Waals surface area contributed by atoms with Gasteiger partial charge in [-0.15, -0.1) is 11.8 Å². The minimum atomic E-state index is 0.779. The van der Waals surface area contributed by atoms with E-state index in [1.165, 1.54) is 5.56 Å². The molecule has 2 aromatic rings. The molecule has 0 aliphatic heterocycles. The summed E-state index contributed by atoms with van der Waals surface area (Å²) >= 11 is 1.69. The summed E-state index contributed by atoms with van der Waals surface area (Å²) < 4.78 is 5.42. The van der Waals surface area contributed by atoms with E-state index in [-0.39, 0.29) is 0 Å². The molecule has 0 saturated heterocycles. The van der Waals surface area contributed by atoms with E-state index >= 15 is 0 Å². The van der Waals surface area contributed by atoms with Crippen molar-refractivity contribution in [2.75, 3.05) is 25.3 Å². The molecule has 0 bridgehead atoms. The van der Waals surface area contributed by atoms with Gasteiger partial charge in [-0.1, -0.05) is 6.07 Å². The molecule has 0 unspecified atom stereocenters. The van der Waals surface area contributed by atoms with Crippen LogP contribution in [0, 0.1) is 6.92 Å². The summed E-state index contributed by atoms with van der Waals surface area (Å²) in [5.74, 6) is 1.84. The Morgan fingerprint density at radius 3 is 2.70 bits per heavy atom. The van der Waals surface area contributed by atoms with Crippen molar-refractivity contribution in [1.29, 1.82) is 0 Å². The minimum absolute atomic E-state index is 0.779. The molecule has 4 nitrogen and oxygen atoms in total. The van der Waals surface area contributed by atoms with Crippen LogP contribution >= 0.6 is 11.8 Å². The normalized spacial score (nSPS) is 10.4. The van der Waals surface area contributed by atoms with Gasteiger partial charge in [0.15, 0.2) is 0 Å². The van der Waals surface area contributed by atoms with E-state index in [1.807, 2.05) is 26.3 Å². The van der Waals surface area contributed by atoms with Crippen molar-refractivity contribution >= 4 is 17.6 Å². The predicted molar refractivity (Wildman–Crippen MR) is 83.7 cm³/mol. The third-order valence-corrected chi connectivity index (χ3v) is 3.83. The first-order chi connectivity index (χ1) is 9.63. The highest BCUT2D eigenvalue weighted by atomic mass is 32.2. The fraction of sp³-hybridized carbons (Fsp3) is 0.333. The van der Waals surface area contributed by atoms with Crippen LogP contribution in [-0.2, 0) is 6.54 Å². The van der Waals surface area contributed by atoms with Crippen LogP contribution in [0.25, 0.3) is 0 Å². The van der Waals surface area contributed by atoms with Gasteiger partial charge < -0.3 is 9.64 Å². The molecule has 0 spiro atoms. The van der Waals surface area contributed by atoms with E-state index in [1.54, 1.807) is 25.2 Å². The van der Waals surface area contributed by atoms with Crippen LogP contribution < -0.4 is 9.64 Å². The van der Waals surface area contributed by atoms with Gasteiger partial charge in [0.25, 0.3) is 0 Å². The largest absolute Gasteiger partial charge is 0.496 e. The number of ether oxygens (including phenoxy) is 1. The summed E-state index contributed by atoms with van der Waals surface area (Å²) in [6, 6.07) is 8.28. The molecule has 0 atom stereocenters. The zero-order valence-electron chi connectivity index (χ0n) is 12.3. The lowest BCUT2D eigenvalue weighted by atomic mass is 10.2. The molecule has 0 aliphatic carbocycles. The topological polar surface area (TPSA) is 38.2 Å². The van der Waals surface area contributed by atoms with Crippen molar-refractivity contribution in [3.8, 4) is 5.75 Å². The Bertz CT molecular complexity index is 589. The lowest BCUT2D eigenvalue weighted by Gasteiger charge is -2.19. The van der Waals surface area contributed by atoms with Crippen molar-refractivity contribution < 1.29 is 4.74 Å². The Balaban J connectivity index is 2.17. The SMILES string of the molecule is COc1cc(CN(C)c2cc(C)ncn2)ccc1SC. The average Bonchev–Trinajstić information content (AvgIpc) is 2.47. The van der Waals surface area contributed by atoms with E-state index < -0.39 is 0 Å². The number of aromatic nitrogens is 2. The molecule has 1 heterocycles. The van der Waals surface area contributed by atoms with E-state index in [0.29, 0.717) is 0 Å². The molecule has 1 aromatic heterocycles. The van der Waals surface area contributed by atoms with Gasteiger partial charge in [0.05, 0.1) is 7.11 Å². The molecule has 0 radical (unpaired) electrons. The Labute approximate surface area is 124 Å². The van der Waals surface area contributed by atoms with Crippen LogP contribution in [0.4, 0.5) is 5.82 Å². The third-order valence-electron chi connectivity index (χ3n) is 3.05. The van der Waals surface area contributed by atoms with Gasteiger partial charge in [-0.2, -0.15) is 0 Å². The minimum Gasteiger partial charge on any atom is -0.496 e. The lowest BCUT2D eigenvalue weighted by molar-refractivity contribution is 0.404. The quantitative estimate of drug-likeness (QED) is 0.791. The Kier molecular flexibility index (Phi) is 4.84. The standard InChI is InChI=1S/C15H19N3OS/c1-11-7-15(17-10-16-11)18(2)9-12-5-6-14(20-4)13(8-12)19-3/h5-8,10H,9H2,1-4H3. The maximum Gasteiger partial charge on any atom is 0.132 e. The van der Waals surface area contributed by atoms with Crippen LogP contribution in [0.3, 0.4) is 0 Å². The van der Waals surface area contributed by atoms with Gasteiger partial charge in [-0.3, -0.25) is 0 Å². The Hall–Kier alpha value is -1.75. The molecule has 0 aliphatic rings. The number of nitrogens with zero attached hydrogens (tertiary/aromatic N) is 3. The zero-order valence-corrected chi connectivity index (χ0v) is 13.1. The van der Waals surface area contributed by atoms with Crippen molar-refractivity contribution in [3.05, 3.63) is 41.9 Å². The second-order valence-corrected chi connectivity index (χ2v) is 5.41. The average molecular weight is 289 g/mol. The number of benzene rings is 1. The van der Waals surface area contributed by atoms with Crippen LogP contribution in [-0.4, -0.2) is 30.4 Å². The number of aryl methyl sites for hydroxylation is 1. The Morgan fingerprint density at radius 2 is 2.05 bits per heavy atom. The predicted octanol–water partition coefficient (Wildman–Crippen LogP) is 3.15. The molecule has 2 rings (SSSR count). The first kappa shape index (κ1) is 14.7. The summed E-state index contributed by atoms with van der Waals surface area (Å²) in [6.45, 7) is 2.75. The van der Waals surface area contributed by atoms with Crippen LogP contribution in [0.1, 0.15) is 11.3 Å². The summed E-state index contributed by atoms with van der Waals surface area (Å²) in [7, 11) is 3.73. The Morgan fingerprint density at radius 1 is 1.25 bits per heavy atom. The van der Waals surface area contributed by atoms with Crippen molar-refractivity contribution in [1.82, 2.24) is 9.97 Å². The van der Waals surface area contributed by atoms with Crippen LogP contribution in [0.2, 0.25) is 0 Å². The third kappa shape index (κ3) is 3.42. The monoisotopic (exact) mass is 289 g/mol. The molecule has 1 aromatic carbocycles. The second-order valence-electron chi connectivity index (χ2n) is 4.56. The van der Waals surface area contributed by atoms with Crippen LogP contribution in [0.15, 0.2) is 35.5 Å². The maximum atomic E-state index is 5.42. The number of methoxy groups -OCH3 is 1. The molecule has 0 N–H and O–H groups in total. The summed E-state index contributed by atoms with van der Waals surface area (Å²) in [6.07, 6.45) is 3.64. The number of rotatable bonds is 5. The summed E-state index contributed by atoms with van der Waals surface area (Å²) in [5, 5.41) is 0. The number of hydrogen-bond donors (Lipinski definition) is 0. The van der Waals surface area contributed by atoms with E-state index in [2.05, 4.69) is 33.1 Å². The molecular weight excluding hydrogens is 270 g/mol. The first-order valence-electron chi connectivity index (χ1n) is 6.34. The molecular formula is C15H19N3OS.